The fraction of sp³-hybridized carbons (Fsp3) is 1.00. The van der Waals surface area contributed by atoms with E-state index in [1.807, 2.05) is 0 Å². The summed E-state index contributed by atoms with van der Waals surface area (Å²) in [5, 5.41) is 7.03. The molecule has 0 aliphatic heterocycles. The van der Waals surface area contributed by atoms with Crippen LogP contribution >= 0.6 is 0 Å². The van der Waals surface area contributed by atoms with Crippen molar-refractivity contribution >= 4 is 0 Å². The van der Waals surface area contributed by atoms with Crippen LogP contribution in [0.4, 0.5) is 17.6 Å². The summed E-state index contributed by atoms with van der Waals surface area (Å²) < 4.78 is 43.7. The van der Waals surface area contributed by atoms with Gasteiger partial charge >= 0.3 is 12.5 Å². The van der Waals surface area contributed by atoms with E-state index in [4.69, 9.17) is 5.26 Å². The molecular weight excluding hydrogens is 132 g/mol. The molecule has 0 atom stereocenters. The number of rotatable bonds is 2. The quantitative estimate of drug-likeness (QED) is 0.350. The third-order valence-corrected chi connectivity index (χ3v) is 0.376. The van der Waals surface area contributed by atoms with Gasteiger partial charge in [-0.2, -0.15) is 13.7 Å². The van der Waals surface area contributed by atoms with Crippen LogP contribution in [0.5, 0.6) is 0 Å². The van der Waals surface area contributed by atoms with Crippen LogP contribution in [0.15, 0.2) is 0 Å². The second-order valence-corrected chi connectivity index (χ2v) is 0.954. The van der Waals surface area contributed by atoms with Gasteiger partial charge in [0.25, 0.3) is 0 Å². The zero-order chi connectivity index (χ0) is 6.78. The molecule has 0 radical (unpaired) electrons. The highest BCUT2D eigenvalue weighted by Gasteiger charge is 2.42. The number of hydrogen-bond donors (Lipinski definition) is 1. The first kappa shape index (κ1) is 7.64. The Morgan fingerprint density at radius 3 is 1.75 bits per heavy atom. The normalized spacial score (nSPS) is 12.8. The van der Waals surface area contributed by atoms with E-state index in [0.717, 1.165) is 0 Å². The highest BCUT2D eigenvalue weighted by atomic mass is 19.3. The Hall–Kier alpha value is -0.360. The second-order valence-electron chi connectivity index (χ2n) is 0.954. The van der Waals surface area contributed by atoms with Crippen molar-refractivity contribution in [1.29, 1.82) is 0 Å². The van der Waals surface area contributed by atoms with Gasteiger partial charge in [0.1, 0.15) is 0 Å². The molecule has 6 heteroatoms. The second kappa shape index (κ2) is 2.27. The highest BCUT2D eigenvalue weighted by Crippen LogP contribution is 2.22. The van der Waals surface area contributed by atoms with Crippen molar-refractivity contribution in [3.05, 3.63) is 0 Å². The molecule has 0 spiro atoms. The predicted molar refractivity (Wildman–Crippen MR) is 14.7 cm³/mol. The van der Waals surface area contributed by atoms with Gasteiger partial charge in [-0.3, -0.25) is 0 Å². The lowest BCUT2D eigenvalue weighted by molar-refractivity contribution is -0.442. The molecule has 0 aromatic heterocycles. The van der Waals surface area contributed by atoms with Gasteiger partial charge in [-0.05, 0) is 0 Å². The maximum atomic E-state index is 11.1. The molecule has 0 amide bonds. The van der Waals surface area contributed by atoms with Gasteiger partial charge in [0, 0.05) is 0 Å². The Bertz CT molecular complexity index is 72.4. The van der Waals surface area contributed by atoms with Crippen LogP contribution in [0.3, 0.4) is 0 Å². The molecule has 0 bridgehead atoms. The third-order valence-electron chi connectivity index (χ3n) is 0.376. The Balaban J connectivity index is 3.71. The van der Waals surface area contributed by atoms with E-state index >= 15 is 0 Å². The molecule has 0 aliphatic rings. The van der Waals surface area contributed by atoms with E-state index in [9.17, 15) is 17.6 Å². The summed E-state index contributed by atoms with van der Waals surface area (Å²) in [4.78, 5) is 2.12. The smallest absolute Gasteiger partial charge is 0.246 e. The van der Waals surface area contributed by atoms with E-state index in [1.54, 1.807) is 0 Å². The SMILES string of the molecule is OOC(F)(F)C(F)F. The predicted octanol–water partition coefficient (Wildman–Crippen LogP) is 1.33. The first-order valence-electron chi connectivity index (χ1n) is 1.49. The summed E-state index contributed by atoms with van der Waals surface area (Å²) in [6, 6.07) is 0. The lowest BCUT2D eigenvalue weighted by Gasteiger charge is -2.08. The van der Waals surface area contributed by atoms with Gasteiger partial charge < -0.3 is 0 Å². The number of hydrogen-bond acceptors (Lipinski definition) is 2. The summed E-state index contributed by atoms with van der Waals surface area (Å²) in [6.45, 7) is 0. The molecule has 8 heavy (non-hydrogen) atoms. The minimum Gasteiger partial charge on any atom is -0.246 e. The van der Waals surface area contributed by atoms with E-state index < -0.39 is 12.5 Å². The average Bonchev–Trinajstić information content (AvgIpc) is 1.67. The number of alkyl halides is 4. The molecular formula is C2H2F4O2. The van der Waals surface area contributed by atoms with Crippen LogP contribution in [0.1, 0.15) is 0 Å². The van der Waals surface area contributed by atoms with E-state index in [1.165, 1.54) is 0 Å². The van der Waals surface area contributed by atoms with Crippen molar-refractivity contribution in [2.24, 2.45) is 0 Å². The minimum atomic E-state index is -4.74. The third kappa shape index (κ3) is 1.63. The topological polar surface area (TPSA) is 29.5 Å². The fourth-order valence-corrected chi connectivity index (χ4v) is 0.0398. The molecule has 0 fully saturated rings. The van der Waals surface area contributed by atoms with E-state index in [0.29, 0.717) is 0 Å². The minimum absolute atomic E-state index is 2.12. The van der Waals surface area contributed by atoms with Crippen LogP contribution in [-0.2, 0) is 4.89 Å². The molecule has 0 rings (SSSR count). The Morgan fingerprint density at radius 2 is 1.75 bits per heavy atom. The van der Waals surface area contributed by atoms with Crippen molar-refractivity contribution in [2.45, 2.75) is 12.5 Å². The Morgan fingerprint density at radius 1 is 1.38 bits per heavy atom. The van der Waals surface area contributed by atoms with Gasteiger partial charge in [0.05, 0.1) is 0 Å². The van der Waals surface area contributed by atoms with Crippen LogP contribution in [0.2, 0.25) is 0 Å². The summed E-state index contributed by atoms with van der Waals surface area (Å²) in [7, 11) is 0. The molecule has 0 saturated carbocycles. The molecule has 0 saturated heterocycles. The van der Waals surface area contributed by atoms with Crippen LogP contribution in [-0.4, -0.2) is 17.8 Å². The fourth-order valence-electron chi connectivity index (χ4n) is 0.0398. The Kier molecular flexibility index (Phi) is 2.17. The monoisotopic (exact) mass is 134 g/mol. The summed E-state index contributed by atoms with van der Waals surface area (Å²) in [5.41, 5.74) is 0. The molecule has 0 unspecified atom stereocenters. The highest BCUT2D eigenvalue weighted by molar-refractivity contribution is 4.50. The summed E-state index contributed by atoms with van der Waals surface area (Å²) in [6.07, 6.45) is -8.73. The van der Waals surface area contributed by atoms with Crippen molar-refractivity contribution in [2.75, 3.05) is 0 Å². The van der Waals surface area contributed by atoms with Gasteiger partial charge in [-0.25, -0.2) is 14.0 Å². The van der Waals surface area contributed by atoms with Crippen LogP contribution < -0.4 is 0 Å². The zero-order valence-corrected chi connectivity index (χ0v) is 3.44. The van der Waals surface area contributed by atoms with E-state index in [-0.39, 0.29) is 0 Å². The van der Waals surface area contributed by atoms with Gasteiger partial charge in [0.15, 0.2) is 0 Å². The maximum Gasteiger partial charge on any atom is 0.441 e. The van der Waals surface area contributed by atoms with Crippen molar-refractivity contribution < 1.29 is 27.7 Å². The lowest BCUT2D eigenvalue weighted by Crippen LogP contribution is -2.28. The zero-order valence-electron chi connectivity index (χ0n) is 3.44. The molecule has 0 aromatic rings. The molecule has 2 nitrogen and oxygen atoms in total. The molecule has 50 valence electrons. The van der Waals surface area contributed by atoms with Gasteiger partial charge in [0.2, 0.25) is 0 Å². The maximum absolute atomic E-state index is 11.1. The summed E-state index contributed by atoms with van der Waals surface area (Å²) in [5.74, 6) is 0. The van der Waals surface area contributed by atoms with Crippen LogP contribution in [0.25, 0.3) is 0 Å². The average molecular weight is 134 g/mol. The molecule has 0 heterocycles. The molecule has 0 aliphatic carbocycles. The largest absolute Gasteiger partial charge is 0.441 e. The Labute approximate surface area is 41.6 Å². The molecule has 1 N–H and O–H groups in total. The van der Waals surface area contributed by atoms with E-state index in [2.05, 4.69) is 4.89 Å². The van der Waals surface area contributed by atoms with Gasteiger partial charge in [-0.1, -0.05) is 0 Å². The van der Waals surface area contributed by atoms with Gasteiger partial charge in [-0.15, -0.1) is 0 Å². The first-order chi connectivity index (χ1) is 3.50. The van der Waals surface area contributed by atoms with Crippen molar-refractivity contribution in [1.82, 2.24) is 0 Å². The first-order valence-corrected chi connectivity index (χ1v) is 1.49. The number of halogens is 4. The van der Waals surface area contributed by atoms with Crippen LogP contribution in [0, 0.1) is 0 Å². The van der Waals surface area contributed by atoms with Crippen molar-refractivity contribution in [3.8, 4) is 0 Å². The lowest BCUT2D eigenvalue weighted by atomic mass is 10.7. The van der Waals surface area contributed by atoms with Crippen molar-refractivity contribution in [3.63, 3.8) is 0 Å². The molecule has 0 aromatic carbocycles. The summed E-state index contributed by atoms with van der Waals surface area (Å²) >= 11 is 0. The standard InChI is InChI=1S/C2H2F4O2/c3-1(4)2(5,6)8-7/h1,7H.